The van der Waals surface area contributed by atoms with Gasteiger partial charge in [-0.1, -0.05) is 25.5 Å². The van der Waals surface area contributed by atoms with Gasteiger partial charge in [0, 0.05) is 12.5 Å². The van der Waals surface area contributed by atoms with Crippen molar-refractivity contribution in [2.24, 2.45) is 0 Å². The summed E-state index contributed by atoms with van der Waals surface area (Å²) in [6.45, 7) is 1.75. The Labute approximate surface area is 131 Å². The fourth-order valence-corrected chi connectivity index (χ4v) is 2.40. The summed E-state index contributed by atoms with van der Waals surface area (Å²) in [5, 5.41) is 0. The molecule has 1 fully saturated rings. The number of esters is 2. The van der Waals surface area contributed by atoms with Crippen LogP contribution in [0.5, 0.6) is 5.75 Å². The fourth-order valence-electron chi connectivity index (χ4n) is 2.40. The van der Waals surface area contributed by atoms with Crippen LogP contribution in [0.2, 0.25) is 0 Å². The number of hydrogen-bond acceptors (Lipinski definition) is 4. The van der Waals surface area contributed by atoms with E-state index in [4.69, 9.17) is 9.47 Å². The fraction of sp³-hybridized carbons (Fsp3) is 0.444. The Hall–Kier alpha value is -2.10. The summed E-state index contributed by atoms with van der Waals surface area (Å²) in [7, 11) is 0. The number of carbonyl (C=O) groups is 2. The van der Waals surface area contributed by atoms with Crippen LogP contribution in [-0.4, -0.2) is 18.0 Å². The Bertz CT molecular complexity index is 525. The highest BCUT2D eigenvalue weighted by Crippen LogP contribution is 2.20. The highest BCUT2D eigenvalue weighted by atomic mass is 16.5. The van der Waals surface area contributed by atoms with Crippen LogP contribution in [0.3, 0.4) is 0 Å². The maximum Gasteiger partial charge on any atom is 0.331 e. The lowest BCUT2D eigenvalue weighted by Gasteiger charge is -2.20. The zero-order valence-corrected chi connectivity index (χ0v) is 12.9. The summed E-state index contributed by atoms with van der Waals surface area (Å²) in [6.07, 6.45) is 9.01. The van der Waals surface area contributed by atoms with E-state index >= 15 is 0 Å². The zero-order valence-electron chi connectivity index (χ0n) is 12.9. The van der Waals surface area contributed by atoms with Gasteiger partial charge in [0.25, 0.3) is 0 Å². The predicted molar refractivity (Wildman–Crippen MR) is 84.4 cm³/mol. The molecule has 0 heterocycles. The quantitative estimate of drug-likeness (QED) is 0.470. The third kappa shape index (κ3) is 5.35. The molecule has 2 rings (SSSR count). The van der Waals surface area contributed by atoms with Crippen molar-refractivity contribution in [2.45, 2.75) is 51.6 Å². The Morgan fingerprint density at radius 3 is 2.45 bits per heavy atom. The third-order valence-corrected chi connectivity index (χ3v) is 3.65. The third-order valence-electron chi connectivity index (χ3n) is 3.65. The van der Waals surface area contributed by atoms with Gasteiger partial charge in [0.2, 0.25) is 0 Å². The molecule has 1 aromatic carbocycles. The van der Waals surface area contributed by atoms with Crippen LogP contribution in [0, 0.1) is 0 Å². The van der Waals surface area contributed by atoms with E-state index in [1.54, 1.807) is 37.3 Å². The van der Waals surface area contributed by atoms with Crippen molar-refractivity contribution < 1.29 is 19.1 Å². The lowest BCUT2D eigenvalue weighted by molar-refractivity contribution is -0.144. The van der Waals surface area contributed by atoms with Crippen LogP contribution in [-0.2, 0) is 14.3 Å². The Balaban J connectivity index is 1.84. The molecule has 118 valence electrons. The van der Waals surface area contributed by atoms with E-state index in [9.17, 15) is 9.59 Å². The smallest absolute Gasteiger partial charge is 0.331 e. The molecular formula is C18H22O4. The zero-order chi connectivity index (χ0) is 15.8. The molecule has 0 aromatic heterocycles. The van der Waals surface area contributed by atoms with Gasteiger partial charge in [-0.15, -0.1) is 0 Å². The maximum atomic E-state index is 11.8. The van der Waals surface area contributed by atoms with Crippen molar-refractivity contribution in [3.8, 4) is 5.75 Å². The van der Waals surface area contributed by atoms with Gasteiger partial charge in [0.15, 0.2) is 0 Å². The standard InChI is InChI=1S/C18H22O4/c1-2-17(19)21-16-11-8-14(9-12-16)10-13-18(20)22-15-6-4-3-5-7-15/h8-13,15H,2-7H2,1H3. The topological polar surface area (TPSA) is 52.6 Å². The van der Waals surface area contributed by atoms with Gasteiger partial charge in [0.05, 0.1) is 0 Å². The van der Waals surface area contributed by atoms with E-state index in [2.05, 4.69) is 0 Å². The Morgan fingerprint density at radius 2 is 1.82 bits per heavy atom. The summed E-state index contributed by atoms with van der Waals surface area (Å²) >= 11 is 0. The van der Waals surface area contributed by atoms with E-state index in [0.717, 1.165) is 31.2 Å². The van der Waals surface area contributed by atoms with Crippen molar-refractivity contribution in [1.29, 1.82) is 0 Å². The first-order valence-corrected chi connectivity index (χ1v) is 7.87. The van der Waals surface area contributed by atoms with Crippen LogP contribution >= 0.6 is 0 Å². The van der Waals surface area contributed by atoms with Crippen molar-refractivity contribution in [3.63, 3.8) is 0 Å². The SMILES string of the molecule is CCC(=O)Oc1ccc(C=CC(=O)OC2CCCCC2)cc1. The number of rotatable bonds is 5. The highest BCUT2D eigenvalue weighted by Gasteiger charge is 2.16. The molecule has 0 unspecified atom stereocenters. The van der Waals surface area contributed by atoms with Crippen LogP contribution in [0.1, 0.15) is 51.0 Å². The van der Waals surface area contributed by atoms with Gasteiger partial charge in [-0.05, 0) is 49.5 Å². The van der Waals surface area contributed by atoms with Gasteiger partial charge in [0.1, 0.15) is 11.9 Å². The number of benzene rings is 1. The predicted octanol–water partition coefficient (Wildman–Crippen LogP) is 3.89. The summed E-state index contributed by atoms with van der Waals surface area (Å²) in [5.74, 6) is -0.0541. The number of hydrogen-bond donors (Lipinski definition) is 0. The Morgan fingerprint density at radius 1 is 1.14 bits per heavy atom. The molecule has 0 saturated heterocycles. The van der Waals surface area contributed by atoms with Crippen LogP contribution in [0.4, 0.5) is 0 Å². The van der Waals surface area contributed by atoms with E-state index in [1.165, 1.54) is 12.5 Å². The summed E-state index contributed by atoms with van der Waals surface area (Å²) in [5.41, 5.74) is 0.858. The van der Waals surface area contributed by atoms with Gasteiger partial charge < -0.3 is 9.47 Å². The van der Waals surface area contributed by atoms with Gasteiger partial charge in [-0.2, -0.15) is 0 Å². The van der Waals surface area contributed by atoms with Crippen molar-refractivity contribution >= 4 is 18.0 Å². The van der Waals surface area contributed by atoms with E-state index in [0.29, 0.717) is 12.2 Å². The second-order valence-corrected chi connectivity index (χ2v) is 5.43. The average Bonchev–Trinajstić information content (AvgIpc) is 2.55. The van der Waals surface area contributed by atoms with Gasteiger partial charge >= 0.3 is 11.9 Å². The minimum Gasteiger partial charge on any atom is -0.459 e. The first-order chi connectivity index (χ1) is 10.7. The lowest BCUT2D eigenvalue weighted by Crippen LogP contribution is -2.19. The summed E-state index contributed by atoms with van der Waals surface area (Å²) < 4.78 is 10.5. The normalized spacial score (nSPS) is 15.7. The molecule has 0 spiro atoms. The lowest BCUT2D eigenvalue weighted by atomic mass is 9.98. The maximum absolute atomic E-state index is 11.8. The average molecular weight is 302 g/mol. The molecule has 22 heavy (non-hydrogen) atoms. The van der Waals surface area contributed by atoms with E-state index in [-0.39, 0.29) is 18.0 Å². The second-order valence-electron chi connectivity index (χ2n) is 5.43. The van der Waals surface area contributed by atoms with Crippen molar-refractivity contribution in [3.05, 3.63) is 35.9 Å². The minimum atomic E-state index is -0.298. The number of carbonyl (C=O) groups excluding carboxylic acids is 2. The van der Waals surface area contributed by atoms with Crippen molar-refractivity contribution in [2.75, 3.05) is 0 Å². The molecule has 1 aromatic rings. The van der Waals surface area contributed by atoms with Crippen LogP contribution in [0.25, 0.3) is 6.08 Å². The number of ether oxygens (including phenoxy) is 2. The molecule has 0 amide bonds. The molecule has 0 radical (unpaired) electrons. The van der Waals surface area contributed by atoms with E-state index in [1.807, 2.05) is 0 Å². The van der Waals surface area contributed by atoms with E-state index < -0.39 is 0 Å². The second kappa shape index (κ2) is 8.37. The van der Waals surface area contributed by atoms with Crippen LogP contribution < -0.4 is 4.74 Å². The molecule has 0 aliphatic heterocycles. The molecule has 1 saturated carbocycles. The molecule has 0 atom stereocenters. The van der Waals surface area contributed by atoms with Crippen molar-refractivity contribution in [1.82, 2.24) is 0 Å². The highest BCUT2D eigenvalue weighted by molar-refractivity contribution is 5.87. The van der Waals surface area contributed by atoms with Gasteiger partial charge in [-0.25, -0.2) is 4.79 Å². The molecular weight excluding hydrogens is 280 g/mol. The molecule has 1 aliphatic carbocycles. The largest absolute Gasteiger partial charge is 0.459 e. The summed E-state index contributed by atoms with van der Waals surface area (Å²) in [6, 6.07) is 7.00. The monoisotopic (exact) mass is 302 g/mol. The molecule has 4 nitrogen and oxygen atoms in total. The molecule has 0 N–H and O–H groups in total. The minimum absolute atomic E-state index is 0.0710. The van der Waals surface area contributed by atoms with Crippen LogP contribution in [0.15, 0.2) is 30.3 Å². The first kappa shape index (κ1) is 16.3. The Kier molecular flexibility index (Phi) is 6.19. The molecule has 4 heteroatoms. The van der Waals surface area contributed by atoms with Gasteiger partial charge in [-0.3, -0.25) is 4.79 Å². The molecule has 1 aliphatic rings. The molecule has 0 bridgehead atoms. The summed E-state index contributed by atoms with van der Waals surface area (Å²) in [4.78, 5) is 22.9. The first-order valence-electron chi connectivity index (χ1n) is 7.87.